The SMILES string of the molecule is Cc1cc(C(=O)NCC(c2cccc(F)c2)N(C)C)ccc1[N+](=O)[O-]. The number of nitro groups is 1. The minimum Gasteiger partial charge on any atom is -0.350 e. The van der Waals surface area contributed by atoms with Crippen LogP contribution in [0.3, 0.4) is 0 Å². The van der Waals surface area contributed by atoms with Gasteiger partial charge in [-0.3, -0.25) is 14.9 Å². The van der Waals surface area contributed by atoms with Gasteiger partial charge in [0.1, 0.15) is 5.82 Å². The average molecular weight is 345 g/mol. The van der Waals surface area contributed by atoms with Crippen LogP contribution in [-0.2, 0) is 0 Å². The highest BCUT2D eigenvalue weighted by molar-refractivity contribution is 5.94. The summed E-state index contributed by atoms with van der Waals surface area (Å²) in [6.45, 7) is 1.87. The Labute approximate surface area is 145 Å². The molecule has 1 unspecified atom stereocenters. The van der Waals surface area contributed by atoms with Crippen molar-refractivity contribution in [3.8, 4) is 0 Å². The number of carbonyl (C=O) groups is 1. The first-order chi connectivity index (χ1) is 11.8. The summed E-state index contributed by atoms with van der Waals surface area (Å²) in [6, 6.07) is 10.3. The molecular formula is C18H20FN3O3. The summed E-state index contributed by atoms with van der Waals surface area (Å²) >= 11 is 0. The van der Waals surface area contributed by atoms with E-state index in [2.05, 4.69) is 5.32 Å². The molecule has 0 spiro atoms. The molecule has 1 atom stereocenters. The number of halogens is 1. The van der Waals surface area contributed by atoms with Gasteiger partial charge in [-0.25, -0.2) is 4.39 Å². The van der Waals surface area contributed by atoms with Crippen LogP contribution >= 0.6 is 0 Å². The summed E-state index contributed by atoms with van der Waals surface area (Å²) in [5, 5.41) is 13.6. The number of likely N-dealkylation sites (N-methyl/N-ethyl adjacent to an activating group) is 1. The van der Waals surface area contributed by atoms with Crippen LogP contribution in [0, 0.1) is 22.9 Å². The van der Waals surface area contributed by atoms with Crippen LogP contribution in [0.5, 0.6) is 0 Å². The topological polar surface area (TPSA) is 75.5 Å². The fourth-order valence-electron chi connectivity index (χ4n) is 2.61. The molecule has 1 N–H and O–H groups in total. The summed E-state index contributed by atoms with van der Waals surface area (Å²) < 4.78 is 13.4. The second-order valence-corrected chi connectivity index (χ2v) is 6.00. The molecule has 0 aromatic heterocycles. The van der Waals surface area contributed by atoms with E-state index < -0.39 is 4.92 Å². The van der Waals surface area contributed by atoms with Crippen LogP contribution in [0.15, 0.2) is 42.5 Å². The number of aryl methyl sites for hydroxylation is 1. The van der Waals surface area contributed by atoms with Crippen molar-refractivity contribution in [2.45, 2.75) is 13.0 Å². The lowest BCUT2D eigenvalue weighted by atomic mass is 10.1. The molecule has 2 aromatic rings. The van der Waals surface area contributed by atoms with Crippen molar-refractivity contribution in [3.63, 3.8) is 0 Å². The first-order valence-corrected chi connectivity index (χ1v) is 7.74. The minimum atomic E-state index is -0.483. The van der Waals surface area contributed by atoms with Crippen molar-refractivity contribution in [3.05, 3.63) is 75.1 Å². The highest BCUT2D eigenvalue weighted by atomic mass is 19.1. The Kier molecular flexibility index (Phi) is 5.82. The first kappa shape index (κ1) is 18.5. The number of benzene rings is 2. The predicted molar refractivity (Wildman–Crippen MR) is 93.0 cm³/mol. The summed E-state index contributed by atoms with van der Waals surface area (Å²) in [4.78, 5) is 24.6. The van der Waals surface area contributed by atoms with Gasteiger partial charge in [0, 0.05) is 23.7 Å². The lowest BCUT2D eigenvalue weighted by Crippen LogP contribution is -2.34. The molecule has 1 amide bonds. The molecule has 6 nitrogen and oxygen atoms in total. The van der Waals surface area contributed by atoms with Crippen LogP contribution in [0.25, 0.3) is 0 Å². The van der Waals surface area contributed by atoms with Gasteiger partial charge in [-0.05, 0) is 50.8 Å². The van der Waals surface area contributed by atoms with Gasteiger partial charge in [0.25, 0.3) is 11.6 Å². The second-order valence-electron chi connectivity index (χ2n) is 6.00. The van der Waals surface area contributed by atoms with Gasteiger partial charge in [-0.1, -0.05) is 12.1 Å². The van der Waals surface area contributed by atoms with E-state index in [9.17, 15) is 19.3 Å². The molecule has 0 radical (unpaired) electrons. The summed E-state index contributed by atoms with van der Waals surface area (Å²) in [5.41, 5.74) is 1.50. The molecule has 132 valence electrons. The van der Waals surface area contributed by atoms with E-state index in [4.69, 9.17) is 0 Å². The zero-order valence-electron chi connectivity index (χ0n) is 14.3. The molecule has 0 heterocycles. The maximum absolute atomic E-state index is 13.4. The Balaban J connectivity index is 2.11. The number of amides is 1. The van der Waals surface area contributed by atoms with Crippen molar-refractivity contribution in [2.24, 2.45) is 0 Å². The number of nitrogens with zero attached hydrogens (tertiary/aromatic N) is 2. The zero-order chi connectivity index (χ0) is 18.6. The van der Waals surface area contributed by atoms with Gasteiger partial charge < -0.3 is 10.2 Å². The molecule has 0 bridgehead atoms. The van der Waals surface area contributed by atoms with Crippen LogP contribution in [-0.4, -0.2) is 36.4 Å². The van der Waals surface area contributed by atoms with E-state index in [0.717, 1.165) is 5.56 Å². The molecule has 0 fully saturated rings. The first-order valence-electron chi connectivity index (χ1n) is 7.74. The number of carbonyl (C=O) groups excluding carboxylic acids is 1. The smallest absolute Gasteiger partial charge is 0.272 e. The Morgan fingerprint density at radius 1 is 1.28 bits per heavy atom. The fourth-order valence-corrected chi connectivity index (χ4v) is 2.61. The molecule has 2 aromatic carbocycles. The third-order valence-corrected chi connectivity index (χ3v) is 3.97. The standard InChI is InChI=1S/C18H20FN3O3/c1-12-9-14(7-8-16(12)22(24)25)18(23)20-11-17(21(2)3)13-5-4-6-15(19)10-13/h4-10,17H,11H2,1-3H3,(H,20,23). The van der Waals surface area contributed by atoms with Crippen molar-refractivity contribution in [1.29, 1.82) is 0 Å². The van der Waals surface area contributed by atoms with Gasteiger partial charge in [0.15, 0.2) is 0 Å². The van der Waals surface area contributed by atoms with Crippen molar-refractivity contribution in [2.75, 3.05) is 20.6 Å². The van der Waals surface area contributed by atoms with E-state index in [1.807, 2.05) is 19.0 Å². The molecule has 0 aliphatic heterocycles. The maximum atomic E-state index is 13.4. The molecule has 0 saturated carbocycles. The highest BCUT2D eigenvalue weighted by Gasteiger charge is 2.18. The number of hydrogen-bond donors (Lipinski definition) is 1. The number of hydrogen-bond acceptors (Lipinski definition) is 4. The molecule has 0 aliphatic carbocycles. The van der Waals surface area contributed by atoms with Crippen molar-refractivity contribution >= 4 is 11.6 Å². The fraction of sp³-hybridized carbons (Fsp3) is 0.278. The van der Waals surface area contributed by atoms with Crippen LogP contribution in [0.4, 0.5) is 10.1 Å². The van der Waals surface area contributed by atoms with E-state index in [1.165, 1.54) is 30.3 Å². The Morgan fingerprint density at radius 2 is 2.00 bits per heavy atom. The summed E-state index contributed by atoms with van der Waals surface area (Å²) in [6.07, 6.45) is 0. The molecule has 25 heavy (non-hydrogen) atoms. The zero-order valence-corrected chi connectivity index (χ0v) is 14.3. The summed E-state index contributed by atoms with van der Waals surface area (Å²) in [5.74, 6) is -0.664. The van der Waals surface area contributed by atoms with Crippen LogP contribution in [0.1, 0.15) is 27.5 Å². The van der Waals surface area contributed by atoms with E-state index >= 15 is 0 Å². The number of rotatable bonds is 6. The Morgan fingerprint density at radius 3 is 2.56 bits per heavy atom. The van der Waals surface area contributed by atoms with Crippen LogP contribution < -0.4 is 5.32 Å². The molecule has 2 rings (SSSR count). The third-order valence-electron chi connectivity index (χ3n) is 3.97. The third kappa shape index (κ3) is 4.60. The molecular weight excluding hydrogens is 325 g/mol. The van der Waals surface area contributed by atoms with E-state index in [1.54, 1.807) is 19.1 Å². The van der Waals surface area contributed by atoms with Gasteiger partial charge in [-0.2, -0.15) is 0 Å². The second kappa shape index (κ2) is 7.85. The normalized spacial score (nSPS) is 12.0. The number of nitrogens with one attached hydrogen (secondary N) is 1. The van der Waals surface area contributed by atoms with Crippen LogP contribution in [0.2, 0.25) is 0 Å². The molecule has 0 saturated heterocycles. The van der Waals surface area contributed by atoms with E-state index in [-0.39, 0.29) is 30.0 Å². The quantitative estimate of drug-likeness (QED) is 0.645. The van der Waals surface area contributed by atoms with E-state index in [0.29, 0.717) is 11.1 Å². The van der Waals surface area contributed by atoms with Crippen molar-refractivity contribution < 1.29 is 14.1 Å². The average Bonchev–Trinajstić information content (AvgIpc) is 2.54. The summed E-state index contributed by atoms with van der Waals surface area (Å²) in [7, 11) is 3.69. The van der Waals surface area contributed by atoms with Gasteiger partial charge in [0.2, 0.25) is 0 Å². The predicted octanol–water partition coefficient (Wildman–Crippen LogP) is 3.08. The number of nitro benzene ring substituents is 1. The van der Waals surface area contributed by atoms with Crippen molar-refractivity contribution in [1.82, 2.24) is 10.2 Å². The Bertz CT molecular complexity index is 793. The monoisotopic (exact) mass is 345 g/mol. The minimum absolute atomic E-state index is 0.0255. The highest BCUT2D eigenvalue weighted by Crippen LogP contribution is 2.20. The molecule has 0 aliphatic rings. The Hall–Kier alpha value is -2.80. The van der Waals surface area contributed by atoms with Gasteiger partial charge >= 0.3 is 0 Å². The largest absolute Gasteiger partial charge is 0.350 e. The van der Waals surface area contributed by atoms with Gasteiger partial charge in [-0.15, -0.1) is 0 Å². The maximum Gasteiger partial charge on any atom is 0.272 e. The van der Waals surface area contributed by atoms with Gasteiger partial charge in [0.05, 0.1) is 11.0 Å². The molecule has 7 heteroatoms. The lowest BCUT2D eigenvalue weighted by molar-refractivity contribution is -0.385. The lowest BCUT2D eigenvalue weighted by Gasteiger charge is -2.25.